The van der Waals surface area contributed by atoms with Gasteiger partial charge in [-0.25, -0.2) is 4.79 Å². The highest BCUT2D eigenvalue weighted by atomic mass is 16.6. The Balaban J connectivity index is 2.29. The predicted octanol–water partition coefficient (Wildman–Crippen LogP) is 1.71. The van der Waals surface area contributed by atoms with Crippen molar-refractivity contribution >= 4 is 12.1 Å². The summed E-state index contributed by atoms with van der Waals surface area (Å²) in [6.07, 6.45) is 3.64. The van der Waals surface area contributed by atoms with Gasteiger partial charge in [-0.1, -0.05) is 0 Å². The molecule has 0 saturated heterocycles. The lowest BCUT2D eigenvalue weighted by Gasteiger charge is -2.23. The van der Waals surface area contributed by atoms with Crippen LogP contribution in [0.25, 0.3) is 0 Å². The monoisotopic (exact) mass is 286 g/mol. The van der Waals surface area contributed by atoms with Crippen LogP contribution in [-0.2, 0) is 14.3 Å². The van der Waals surface area contributed by atoms with Crippen molar-refractivity contribution in [3.05, 3.63) is 0 Å². The third kappa shape index (κ3) is 5.77. The summed E-state index contributed by atoms with van der Waals surface area (Å²) in [5.74, 6) is -0.394. The minimum atomic E-state index is -0.586. The van der Waals surface area contributed by atoms with Gasteiger partial charge in [0.25, 0.3) is 0 Å². The number of carbonyl (C=O) groups is 2. The van der Waals surface area contributed by atoms with E-state index >= 15 is 0 Å². The standard InChI is InChI=1S/C14H26N2O4/c1-13(2,3)20-12(18)16-14(8-9-14)7-5-6-10(15)11(17)19-4/h10H,5-9,15H2,1-4H3,(H,16,18). The van der Waals surface area contributed by atoms with Crippen molar-refractivity contribution in [2.45, 2.75) is 70.1 Å². The van der Waals surface area contributed by atoms with Crippen LogP contribution < -0.4 is 11.1 Å². The lowest BCUT2D eigenvalue weighted by molar-refractivity contribution is -0.142. The van der Waals surface area contributed by atoms with Gasteiger partial charge in [0.15, 0.2) is 0 Å². The molecule has 0 heterocycles. The van der Waals surface area contributed by atoms with Crippen LogP contribution in [0.4, 0.5) is 4.79 Å². The molecule has 20 heavy (non-hydrogen) atoms. The van der Waals surface area contributed by atoms with Crippen LogP contribution in [0.15, 0.2) is 0 Å². The van der Waals surface area contributed by atoms with E-state index in [1.807, 2.05) is 20.8 Å². The van der Waals surface area contributed by atoms with E-state index in [1.165, 1.54) is 7.11 Å². The van der Waals surface area contributed by atoms with Gasteiger partial charge in [-0.05, 0) is 52.9 Å². The Hall–Kier alpha value is -1.30. The van der Waals surface area contributed by atoms with Crippen LogP contribution in [0.1, 0.15) is 52.9 Å². The molecule has 0 aromatic carbocycles. The van der Waals surface area contributed by atoms with Crippen molar-refractivity contribution < 1.29 is 19.1 Å². The van der Waals surface area contributed by atoms with E-state index in [4.69, 9.17) is 10.5 Å². The number of carbonyl (C=O) groups excluding carboxylic acids is 2. The maximum Gasteiger partial charge on any atom is 0.408 e. The van der Waals surface area contributed by atoms with Crippen molar-refractivity contribution in [3.63, 3.8) is 0 Å². The van der Waals surface area contributed by atoms with Gasteiger partial charge < -0.3 is 20.5 Å². The molecule has 1 amide bonds. The molecule has 0 bridgehead atoms. The minimum Gasteiger partial charge on any atom is -0.468 e. The second-order valence-corrected chi connectivity index (χ2v) is 6.43. The average Bonchev–Trinajstić information content (AvgIpc) is 3.05. The van der Waals surface area contributed by atoms with E-state index < -0.39 is 17.6 Å². The number of rotatable bonds is 6. The predicted molar refractivity (Wildman–Crippen MR) is 75.2 cm³/mol. The Labute approximate surface area is 120 Å². The first kappa shape index (κ1) is 16.8. The van der Waals surface area contributed by atoms with Crippen LogP contribution in [0.2, 0.25) is 0 Å². The molecule has 1 aliphatic carbocycles. The number of nitrogens with one attached hydrogen (secondary N) is 1. The van der Waals surface area contributed by atoms with E-state index in [0.717, 1.165) is 25.7 Å². The van der Waals surface area contributed by atoms with E-state index in [2.05, 4.69) is 10.1 Å². The fourth-order valence-electron chi connectivity index (χ4n) is 2.04. The number of methoxy groups -OCH3 is 1. The largest absolute Gasteiger partial charge is 0.468 e. The highest BCUT2D eigenvalue weighted by Crippen LogP contribution is 2.40. The fraction of sp³-hybridized carbons (Fsp3) is 0.857. The lowest BCUT2D eigenvalue weighted by Crippen LogP contribution is -2.41. The molecule has 3 N–H and O–H groups in total. The molecule has 1 fully saturated rings. The topological polar surface area (TPSA) is 90.6 Å². The summed E-state index contributed by atoms with van der Waals surface area (Å²) < 4.78 is 9.82. The highest BCUT2D eigenvalue weighted by Gasteiger charge is 2.44. The van der Waals surface area contributed by atoms with E-state index in [-0.39, 0.29) is 11.6 Å². The first-order chi connectivity index (χ1) is 9.17. The lowest BCUT2D eigenvalue weighted by atomic mass is 10.0. The van der Waals surface area contributed by atoms with Gasteiger partial charge in [0, 0.05) is 5.54 Å². The van der Waals surface area contributed by atoms with Crippen molar-refractivity contribution in [3.8, 4) is 0 Å². The van der Waals surface area contributed by atoms with Gasteiger partial charge in [0.1, 0.15) is 11.6 Å². The van der Waals surface area contributed by atoms with Crippen LogP contribution in [0.3, 0.4) is 0 Å². The summed E-state index contributed by atoms with van der Waals surface area (Å²) in [6.45, 7) is 5.50. The van der Waals surface area contributed by atoms with E-state index in [9.17, 15) is 9.59 Å². The van der Waals surface area contributed by atoms with E-state index in [1.54, 1.807) is 0 Å². The molecule has 1 saturated carbocycles. The van der Waals surface area contributed by atoms with Crippen molar-refractivity contribution in [1.82, 2.24) is 5.32 Å². The smallest absolute Gasteiger partial charge is 0.408 e. The zero-order valence-corrected chi connectivity index (χ0v) is 12.8. The van der Waals surface area contributed by atoms with Gasteiger partial charge in [0.2, 0.25) is 0 Å². The summed E-state index contributed by atoms with van der Waals surface area (Å²) in [4.78, 5) is 22.9. The molecule has 1 aliphatic rings. The fourth-order valence-corrected chi connectivity index (χ4v) is 2.04. The number of nitrogens with two attached hydrogens (primary N) is 1. The summed E-state index contributed by atoms with van der Waals surface area (Å²) >= 11 is 0. The number of hydrogen-bond donors (Lipinski definition) is 2. The van der Waals surface area contributed by atoms with Gasteiger partial charge in [0.05, 0.1) is 7.11 Å². The third-order valence-corrected chi connectivity index (χ3v) is 3.29. The van der Waals surface area contributed by atoms with Gasteiger partial charge in [-0.15, -0.1) is 0 Å². The number of esters is 1. The molecule has 0 spiro atoms. The molecule has 116 valence electrons. The first-order valence-corrected chi connectivity index (χ1v) is 7.02. The van der Waals surface area contributed by atoms with Gasteiger partial charge in [-0.2, -0.15) is 0 Å². The molecule has 1 atom stereocenters. The number of hydrogen-bond acceptors (Lipinski definition) is 5. The van der Waals surface area contributed by atoms with Crippen molar-refractivity contribution in [2.75, 3.05) is 7.11 Å². The minimum absolute atomic E-state index is 0.168. The molecular formula is C14H26N2O4. The maximum atomic E-state index is 11.7. The zero-order valence-electron chi connectivity index (χ0n) is 12.8. The van der Waals surface area contributed by atoms with E-state index in [0.29, 0.717) is 6.42 Å². The zero-order chi connectivity index (χ0) is 15.4. The highest BCUT2D eigenvalue weighted by molar-refractivity contribution is 5.75. The normalized spacial score (nSPS) is 18.1. The maximum absolute atomic E-state index is 11.7. The average molecular weight is 286 g/mol. The Kier molecular flexibility index (Phi) is 5.39. The van der Waals surface area contributed by atoms with Crippen LogP contribution >= 0.6 is 0 Å². The number of ether oxygens (including phenoxy) is 2. The SMILES string of the molecule is COC(=O)C(N)CCCC1(NC(=O)OC(C)(C)C)CC1. The first-order valence-electron chi connectivity index (χ1n) is 7.02. The second kappa shape index (κ2) is 6.43. The molecule has 0 radical (unpaired) electrons. The van der Waals surface area contributed by atoms with Crippen LogP contribution in [-0.4, -0.2) is 36.4 Å². The molecule has 6 nitrogen and oxygen atoms in total. The molecular weight excluding hydrogens is 260 g/mol. The second-order valence-electron chi connectivity index (χ2n) is 6.43. The Morgan fingerprint density at radius 3 is 2.40 bits per heavy atom. The summed E-state index contributed by atoms with van der Waals surface area (Å²) in [6, 6.07) is -0.586. The Bertz CT molecular complexity index is 359. The van der Waals surface area contributed by atoms with Gasteiger partial charge >= 0.3 is 12.1 Å². The molecule has 0 aromatic rings. The summed E-state index contributed by atoms with van der Waals surface area (Å²) in [5.41, 5.74) is 5.01. The summed E-state index contributed by atoms with van der Waals surface area (Å²) in [7, 11) is 1.33. The Morgan fingerprint density at radius 2 is 1.95 bits per heavy atom. The molecule has 1 unspecified atom stereocenters. The third-order valence-electron chi connectivity index (χ3n) is 3.29. The quantitative estimate of drug-likeness (QED) is 0.725. The van der Waals surface area contributed by atoms with Crippen LogP contribution in [0, 0.1) is 0 Å². The Morgan fingerprint density at radius 1 is 1.35 bits per heavy atom. The van der Waals surface area contributed by atoms with Gasteiger partial charge in [-0.3, -0.25) is 4.79 Å². The molecule has 1 rings (SSSR count). The number of amides is 1. The molecule has 0 aromatic heterocycles. The molecule has 6 heteroatoms. The number of alkyl carbamates (subject to hydrolysis) is 1. The van der Waals surface area contributed by atoms with Crippen LogP contribution in [0.5, 0.6) is 0 Å². The van der Waals surface area contributed by atoms with Crippen molar-refractivity contribution in [1.29, 1.82) is 0 Å². The van der Waals surface area contributed by atoms with Crippen molar-refractivity contribution in [2.24, 2.45) is 5.73 Å². The summed E-state index contributed by atoms with van der Waals surface area (Å²) in [5, 5.41) is 2.92. The molecule has 0 aliphatic heterocycles.